The van der Waals surface area contributed by atoms with Crippen molar-refractivity contribution >= 4 is 192 Å². The normalized spacial score (nSPS) is 11.8. The number of aromatic nitrogens is 4. The molecule has 0 aliphatic carbocycles. The van der Waals surface area contributed by atoms with Crippen LogP contribution in [0.5, 0.6) is 0 Å². The molecule has 1 aliphatic heterocycles. The minimum Gasteiger partial charge on any atom is -0.344 e. The van der Waals surface area contributed by atoms with E-state index in [1.165, 1.54) is 245 Å². The summed E-state index contributed by atoms with van der Waals surface area (Å²) >= 11 is 0. The van der Waals surface area contributed by atoms with Crippen LogP contribution in [-0.2, 0) is 14.1 Å². The number of nitrogens with zero attached hydrogens (tertiary/aromatic N) is 4. The maximum Gasteiger partial charge on any atom is 0.113 e. The molecule has 5 heteroatoms. The van der Waals surface area contributed by atoms with Crippen LogP contribution in [0, 0.1) is 34.6 Å². The fraction of sp³-hybridized carbons (Fsp3) is 0.0638. The number of aryl methyl sites for hydroxylation is 7. The minimum absolute atomic E-state index is 1.15. The van der Waals surface area contributed by atoms with Crippen LogP contribution >= 0.6 is 0 Å². The molecular weight excluding hydrogens is 1780 g/mol. The molecule has 0 saturated heterocycles. The average Bonchev–Trinajstić information content (AvgIpc) is 1.59. The van der Waals surface area contributed by atoms with Crippen molar-refractivity contribution in [3.05, 3.63) is 543 Å². The van der Waals surface area contributed by atoms with E-state index in [-0.39, 0.29) is 0 Å². The van der Waals surface area contributed by atoms with E-state index in [2.05, 4.69) is 596 Å². The first-order valence-corrected chi connectivity index (χ1v) is 53.8. The molecule has 0 spiro atoms. The van der Waals surface area contributed by atoms with Crippen molar-refractivity contribution in [2.24, 2.45) is 14.1 Å². The predicted octanol–water partition coefficient (Wildman–Crippen LogP) is 37.3. The molecule has 0 radical (unpaired) electrons. The average molecular weight is 1890 g/mol. The molecule has 1 aliphatic rings. The summed E-state index contributed by atoms with van der Waals surface area (Å²) in [4.78, 5) is 0. The summed E-state index contributed by atoms with van der Waals surface area (Å²) in [5, 5.41) is 33.4. The van der Waals surface area contributed by atoms with Crippen molar-refractivity contribution in [3.8, 4) is 44.8 Å². The quantitative estimate of drug-likeness (QED) is 0.154. The van der Waals surface area contributed by atoms with E-state index in [4.69, 9.17) is 0 Å². The smallest absolute Gasteiger partial charge is 0.113 e. The number of rotatable bonds is 2. The molecule has 26 aromatic rings. The third-order valence-electron chi connectivity index (χ3n) is 29.7. The highest BCUT2D eigenvalue weighted by Gasteiger charge is 2.34. The van der Waals surface area contributed by atoms with Gasteiger partial charge in [-0.05, 0) is 249 Å². The Bertz CT molecular complexity index is 9940. The van der Waals surface area contributed by atoms with Crippen LogP contribution in [0.2, 0.25) is 13.1 Å². The predicted molar refractivity (Wildman–Crippen MR) is 636 cm³/mol. The summed E-state index contributed by atoms with van der Waals surface area (Å²) in [6, 6.07) is 187. The molecule has 27 rings (SSSR count). The highest BCUT2D eigenvalue weighted by Crippen LogP contribution is 2.44. The Morgan fingerprint density at radius 1 is 0.137 bits per heavy atom. The Balaban J connectivity index is 0.000000101. The number of hydrogen-bond donors (Lipinski definition) is 0. The van der Waals surface area contributed by atoms with Gasteiger partial charge >= 0.3 is 0 Å². The van der Waals surface area contributed by atoms with E-state index in [0.29, 0.717) is 0 Å². The van der Waals surface area contributed by atoms with Crippen LogP contribution in [0.1, 0.15) is 27.8 Å². The Kier molecular flexibility index (Phi) is 25.0. The summed E-state index contributed by atoms with van der Waals surface area (Å²) in [6.07, 6.45) is 0. The van der Waals surface area contributed by atoms with Crippen LogP contribution in [0.4, 0.5) is 0 Å². The third kappa shape index (κ3) is 17.1. The van der Waals surface area contributed by atoms with Gasteiger partial charge in [0.05, 0.1) is 22.1 Å². The lowest BCUT2D eigenvalue weighted by molar-refractivity contribution is 1.01. The number of para-hydroxylation sites is 8. The number of hydrogen-bond acceptors (Lipinski definition) is 0. The molecule has 0 fully saturated rings. The van der Waals surface area contributed by atoms with E-state index in [1.807, 2.05) is 0 Å². The Morgan fingerprint density at radius 2 is 0.329 bits per heavy atom. The van der Waals surface area contributed by atoms with Gasteiger partial charge in [0, 0.05) is 90.6 Å². The van der Waals surface area contributed by atoms with Gasteiger partial charge in [0.2, 0.25) is 0 Å². The number of fused-ring (bicyclic) bond motifs is 35. The Labute approximate surface area is 853 Å². The van der Waals surface area contributed by atoms with Gasteiger partial charge in [0.15, 0.2) is 0 Å². The fourth-order valence-corrected chi connectivity index (χ4v) is 25.9. The molecule has 5 heterocycles. The topological polar surface area (TPSA) is 19.7 Å². The molecular formula is C141H112N4Si. The van der Waals surface area contributed by atoms with Gasteiger partial charge < -0.3 is 18.3 Å². The third-order valence-corrected chi connectivity index (χ3v) is 33.3. The van der Waals surface area contributed by atoms with Gasteiger partial charge in [-0.1, -0.05) is 472 Å². The van der Waals surface area contributed by atoms with Crippen molar-refractivity contribution in [2.45, 2.75) is 47.7 Å². The molecule has 22 aromatic carbocycles. The second kappa shape index (κ2) is 39.6. The van der Waals surface area contributed by atoms with Gasteiger partial charge in [-0.2, -0.15) is 0 Å². The molecule has 0 unspecified atom stereocenters. The molecule has 0 bridgehead atoms. The van der Waals surface area contributed by atoms with E-state index in [9.17, 15) is 0 Å². The SMILES string of the molecule is Cc1ccc2c(c1)-c1ccccc1[Si](C)(C)c1ccccc1-c1ccccc1-2.Cc1ccc2c(c1)c1ccccc1c1ccccc1c1ccccc1n2-c1ccccc1.Cc1ccc2c(c1)c1ccccc1c1ccccc1c1ccccc1n2C.Cc1ccc2c3ccccc3c3ccccc3n(-c3ccccc3)c3ccccc3c2c1.Cc1ccc2c3ccccc3c3ccccc3n(C)c3ccccc3c2c1. The first-order chi connectivity index (χ1) is 71.7. The zero-order valence-electron chi connectivity index (χ0n) is 83.9. The molecule has 4 nitrogen and oxygen atoms in total. The summed E-state index contributed by atoms with van der Waals surface area (Å²) in [7, 11) is 2.44. The fourth-order valence-electron chi connectivity index (χ4n) is 22.8. The zero-order chi connectivity index (χ0) is 99.0. The minimum atomic E-state index is -1.90. The highest BCUT2D eigenvalue weighted by atomic mass is 28.3. The second-order valence-corrected chi connectivity index (χ2v) is 43.6. The standard InChI is InChI=1S/2C31H23N.C27H24Si.2C26H21N/c1-22-19-20-31-29(21-22)27-16-8-6-14-25(27)24-13-5-7-15-26(24)28-17-9-10-18-30(28)32(31)23-11-3-2-4-12-23;1-22-19-20-26-24-13-5-6-14-25(24)27-15-7-9-17-30(27)32(23-11-3-2-4-12-23)31-18-10-8-16-28(31)29(26)21-22;1-19-16-17-22-20-10-4-5-11-21(20)23-12-6-8-14-26(23)28(2,3)27-15-9-7-13-24(27)25(22)18-19;1-18-15-16-26-24(17-18)22-12-6-4-10-20(22)19-9-3-5-11-21(19)23-13-7-8-14-25(23)27(26)2;1-18-15-16-21-19-9-3-4-10-20(19)22-11-5-7-13-25(22)27(2)26-14-8-6-12-23(26)24(21)17-18/h2*2-21H,1H3;4-18H,1-3H3;2*3-17H,1-2H3. The summed E-state index contributed by atoms with van der Waals surface area (Å²) in [5.41, 5.74) is 26.5. The molecule has 4 aromatic heterocycles. The van der Waals surface area contributed by atoms with Gasteiger partial charge in [-0.3, -0.25) is 0 Å². The van der Waals surface area contributed by atoms with Gasteiger partial charge in [-0.15, -0.1) is 0 Å². The van der Waals surface area contributed by atoms with Crippen molar-refractivity contribution in [2.75, 3.05) is 0 Å². The van der Waals surface area contributed by atoms with Crippen LogP contribution in [0.3, 0.4) is 0 Å². The van der Waals surface area contributed by atoms with Gasteiger partial charge in [-0.25, -0.2) is 0 Å². The van der Waals surface area contributed by atoms with Crippen LogP contribution in [0.25, 0.3) is 218 Å². The first kappa shape index (κ1) is 92.0. The molecule has 700 valence electrons. The van der Waals surface area contributed by atoms with Crippen molar-refractivity contribution in [3.63, 3.8) is 0 Å². The largest absolute Gasteiger partial charge is 0.344 e. The molecule has 0 saturated carbocycles. The summed E-state index contributed by atoms with van der Waals surface area (Å²) in [5.74, 6) is 0. The first-order valence-electron chi connectivity index (χ1n) is 50.8. The van der Waals surface area contributed by atoms with E-state index >= 15 is 0 Å². The number of benzene rings is 22. The Morgan fingerprint density at radius 3 is 0.685 bits per heavy atom. The van der Waals surface area contributed by atoms with Crippen LogP contribution < -0.4 is 10.4 Å². The lowest BCUT2D eigenvalue weighted by atomic mass is 9.88. The molecule has 0 amide bonds. The maximum atomic E-state index is 2.49. The molecule has 146 heavy (non-hydrogen) atoms. The summed E-state index contributed by atoms with van der Waals surface area (Å²) in [6.45, 7) is 15.9. The van der Waals surface area contributed by atoms with Crippen LogP contribution in [-0.4, -0.2) is 26.3 Å². The maximum absolute atomic E-state index is 2.49. The molecule has 0 N–H and O–H groups in total. The Hall–Kier alpha value is -17.7. The lowest BCUT2D eigenvalue weighted by Crippen LogP contribution is -2.54. The molecule has 0 atom stereocenters. The van der Waals surface area contributed by atoms with Crippen molar-refractivity contribution in [1.29, 1.82) is 0 Å². The second-order valence-electron chi connectivity index (χ2n) is 39.3. The van der Waals surface area contributed by atoms with Gasteiger partial charge in [0.1, 0.15) is 8.07 Å². The summed E-state index contributed by atoms with van der Waals surface area (Å²) < 4.78 is 9.45. The van der Waals surface area contributed by atoms with Crippen LogP contribution in [0.15, 0.2) is 516 Å². The lowest BCUT2D eigenvalue weighted by Gasteiger charge is -2.28. The monoisotopic (exact) mass is 1890 g/mol. The van der Waals surface area contributed by atoms with E-state index < -0.39 is 8.07 Å². The highest BCUT2D eigenvalue weighted by molar-refractivity contribution is 7.02. The van der Waals surface area contributed by atoms with E-state index in [1.54, 1.807) is 0 Å². The van der Waals surface area contributed by atoms with Crippen molar-refractivity contribution in [1.82, 2.24) is 18.3 Å². The van der Waals surface area contributed by atoms with E-state index in [0.717, 1.165) is 11.4 Å². The zero-order valence-corrected chi connectivity index (χ0v) is 84.9. The van der Waals surface area contributed by atoms with Crippen molar-refractivity contribution < 1.29 is 0 Å². The van der Waals surface area contributed by atoms with Gasteiger partial charge in [0.25, 0.3) is 0 Å².